The van der Waals surface area contributed by atoms with Crippen molar-refractivity contribution < 1.29 is 19.0 Å². The molecule has 6 heteroatoms. The van der Waals surface area contributed by atoms with Gasteiger partial charge in [-0.25, -0.2) is 4.79 Å². The van der Waals surface area contributed by atoms with Crippen molar-refractivity contribution >= 4 is 28.7 Å². The normalized spacial score (nSPS) is 10.7. The van der Waals surface area contributed by atoms with Crippen LogP contribution in [0.3, 0.4) is 0 Å². The summed E-state index contributed by atoms with van der Waals surface area (Å²) in [6.07, 6.45) is 5.48. The minimum atomic E-state index is -0.496. The molecule has 5 nitrogen and oxygen atoms in total. The molecule has 0 saturated heterocycles. The molecule has 0 aliphatic carbocycles. The number of amides is 1. The van der Waals surface area contributed by atoms with Crippen LogP contribution in [0.2, 0.25) is 0 Å². The largest absolute Gasteiger partial charge is 0.481 e. The number of ether oxygens (including phenoxy) is 3. The van der Waals surface area contributed by atoms with Gasteiger partial charge in [0.25, 0.3) is 0 Å². The van der Waals surface area contributed by atoms with E-state index in [9.17, 15) is 4.79 Å². The molecule has 2 aromatic rings. The maximum absolute atomic E-state index is 11.7. The first-order chi connectivity index (χ1) is 13.3. The third-order valence-corrected chi connectivity index (χ3v) is 4.29. The highest BCUT2D eigenvalue weighted by Gasteiger charge is 2.15. The summed E-state index contributed by atoms with van der Waals surface area (Å²) in [7, 11) is 0. The van der Waals surface area contributed by atoms with Crippen LogP contribution in [0, 0.1) is 15.9 Å². The van der Waals surface area contributed by atoms with Gasteiger partial charge in [0.05, 0.1) is 3.57 Å². The van der Waals surface area contributed by atoms with Gasteiger partial charge in [0.15, 0.2) is 0 Å². The number of carbonyl (C=O) groups is 1. The van der Waals surface area contributed by atoms with Gasteiger partial charge in [-0.1, -0.05) is 12.0 Å². The van der Waals surface area contributed by atoms with Crippen molar-refractivity contribution in [2.45, 2.75) is 32.8 Å². The number of carbonyl (C=O) groups excluding carboxylic acids is 1. The topological polar surface area (TPSA) is 56.8 Å². The predicted molar refractivity (Wildman–Crippen MR) is 118 cm³/mol. The summed E-state index contributed by atoms with van der Waals surface area (Å²) >= 11 is 2.24. The average molecular weight is 493 g/mol. The van der Waals surface area contributed by atoms with Crippen LogP contribution in [0.4, 0.5) is 4.79 Å². The molecule has 0 aromatic heterocycles. The van der Waals surface area contributed by atoms with Crippen molar-refractivity contribution in [3.8, 4) is 29.6 Å². The van der Waals surface area contributed by atoms with Crippen molar-refractivity contribution in [3.63, 3.8) is 0 Å². The maximum atomic E-state index is 11.7. The molecule has 0 radical (unpaired) electrons. The Bertz CT molecular complexity index is 835. The molecular weight excluding hydrogens is 469 g/mol. The number of hydrogen-bond donors (Lipinski definition) is 1. The smallest absolute Gasteiger partial charge is 0.407 e. The zero-order valence-corrected chi connectivity index (χ0v) is 18.4. The fraction of sp³-hybridized carbons (Fsp3) is 0.318. The lowest BCUT2D eigenvalue weighted by Gasteiger charge is -2.19. The Kier molecular flexibility index (Phi) is 8.00. The Hall–Kier alpha value is -2.40. The lowest BCUT2D eigenvalue weighted by Crippen LogP contribution is -2.33. The predicted octanol–water partition coefficient (Wildman–Crippen LogP) is 5.16. The number of nitrogens with one attached hydrogen (secondary N) is 1. The van der Waals surface area contributed by atoms with Crippen molar-refractivity contribution in [2.75, 3.05) is 13.2 Å². The Morgan fingerprint density at radius 3 is 2.43 bits per heavy atom. The van der Waals surface area contributed by atoms with Gasteiger partial charge in [0.2, 0.25) is 0 Å². The first-order valence-electron chi connectivity index (χ1n) is 8.86. The van der Waals surface area contributed by atoms with Gasteiger partial charge in [-0.2, -0.15) is 0 Å². The molecule has 2 aromatic carbocycles. The van der Waals surface area contributed by atoms with Crippen LogP contribution in [-0.2, 0) is 11.2 Å². The van der Waals surface area contributed by atoms with E-state index in [2.05, 4.69) is 33.8 Å². The number of hydrogen-bond acceptors (Lipinski definition) is 4. The molecule has 0 aliphatic heterocycles. The van der Waals surface area contributed by atoms with Crippen molar-refractivity contribution in [2.24, 2.45) is 0 Å². The van der Waals surface area contributed by atoms with Crippen LogP contribution in [0.25, 0.3) is 0 Å². The van der Waals surface area contributed by atoms with Crippen LogP contribution in [0.1, 0.15) is 26.3 Å². The maximum Gasteiger partial charge on any atom is 0.407 e. The highest BCUT2D eigenvalue weighted by atomic mass is 127. The zero-order valence-electron chi connectivity index (χ0n) is 16.3. The van der Waals surface area contributed by atoms with E-state index in [1.807, 2.05) is 63.2 Å². The van der Waals surface area contributed by atoms with E-state index < -0.39 is 11.7 Å². The SMILES string of the molecule is C#CCOc1ccc(Oc2ccc(CCNC(=O)OC(C)(C)C)cc2I)cc1. The Morgan fingerprint density at radius 1 is 1.14 bits per heavy atom. The van der Waals surface area contributed by atoms with Crippen molar-refractivity contribution in [1.82, 2.24) is 5.32 Å². The van der Waals surface area contributed by atoms with Crippen LogP contribution in [0.5, 0.6) is 17.2 Å². The lowest BCUT2D eigenvalue weighted by atomic mass is 10.1. The second-order valence-corrected chi connectivity index (χ2v) is 8.17. The fourth-order valence-electron chi connectivity index (χ4n) is 2.26. The van der Waals surface area contributed by atoms with Gasteiger partial charge in [0.1, 0.15) is 29.5 Å². The summed E-state index contributed by atoms with van der Waals surface area (Å²) in [4.78, 5) is 11.7. The standard InChI is InChI=1S/C22H24INO4/c1-5-14-26-17-7-9-18(10-8-17)27-20-11-6-16(15-19(20)23)12-13-24-21(25)28-22(2,3)4/h1,6-11,15H,12-14H2,2-4H3,(H,24,25). The van der Waals surface area contributed by atoms with E-state index in [4.69, 9.17) is 20.6 Å². The molecule has 2 rings (SSSR count). The van der Waals surface area contributed by atoms with Crippen molar-refractivity contribution in [1.29, 1.82) is 0 Å². The lowest BCUT2D eigenvalue weighted by molar-refractivity contribution is 0.0528. The highest BCUT2D eigenvalue weighted by Crippen LogP contribution is 2.28. The number of benzene rings is 2. The first-order valence-corrected chi connectivity index (χ1v) is 9.94. The fourth-order valence-corrected chi connectivity index (χ4v) is 2.95. The third kappa shape index (κ3) is 7.69. The number of terminal acetylenes is 1. The Balaban J connectivity index is 1.88. The van der Waals surface area contributed by atoms with Crippen LogP contribution in [-0.4, -0.2) is 24.8 Å². The molecule has 1 amide bonds. The Labute approximate surface area is 179 Å². The molecule has 0 spiro atoms. The van der Waals surface area contributed by atoms with Crippen molar-refractivity contribution in [3.05, 3.63) is 51.6 Å². The van der Waals surface area contributed by atoms with E-state index >= 15 is 0 Å². The molecule has 1 N–H and O–H groups in total. The number of halogens is 1. The van der Waals surface area contributed by atoms with E-state index in [1.165, 1.54) is 0 Å². The number of rotatable bonds is 7. The molecule has 148 valence electrons. The van der Waals surface area contributed by atoms with Gasteiger partial charge < -0.3 is 19.5 Å². The van der Waals surface area contributed by atoms with E-state index in [0.717, 1.165) is 14.9 Å². The molecule has 0 unspecified atom stereocenters. The number of alkyl carbamates (subject to hydrolysis) is 1. The Morgan fingerprint density at radius 2 is 1.82 bits per heavy atom. The van der Waals surface area contributed by atoms with Gasteiger partial charge in [-0.15, -0.1) is 6.42 Å². The summed E-state index contributed by atoms with van der Waals surface area (Å²) in [6.45, 7) is 6.26. The van der Waals surface area contributed by atoms with Crippen LogP contribution < -0.4 is 14.8 Å². The summed E-state index contributed by atoms with van der Waals surface area (Å²) in [5, 5.41) is 2.76. The second kappa shape index (κ2) is 10.2. The van der Waals surface area contributed by atoms with Gasteiger partial charge in [-0.3, -0.25) is 0 Å². The quantitative estimate of drug-likeness (QED) is 0.428. The van der Waals surface area contributed by atoms with E-state index in [0.29, 0.717) is 24.5 Å². The van der Waals surface area contributed by atoms with Gasteiger partial charge in [0, 0.05) is 6.54 Å². The highest BCUT2D eigenvalue weighted by molar-refractivity contribution is 14.1. The minimum absolute atomic E-state index is 0.238. The van der Waals surface area contributed by atoms with E-state index in [1.54, 1.807) is 0 Å². The molecular formula is C22H24INO4. The molecule has 28 heavy (non-hydrogen) atoms. The minimum Gasteiger partial charge on any atom is -0.481 e. The molecule has 0 atom stereocenters. The molecule has 0 bridgehead atoms. The zero-order chi connectivity index (χ0) is 20.6. The summed E-state index contributed by atoms with van der Waals surface area (Å²) in [5.41, 5.74) is 0.607. The molecule has 0 saturated carbocycles. The molecule has 0 heterocycles. The first kappa shape index (κ1) is 21.9. The van der Waals surface area contributed by atoms with Gasteiger partial charge in [-0.05, 0) is 91.7 Å². The monoisotopic (exact) mass is 493 g/mol. The average Bonchev–Trinajstić information content (AvgIpc) is 2.62. The molecule has 0 aliphatic rings. The molecule has 0 fully saturated rings. The summed E-state index contributed by atoms with van der Waals surface area (Å²) in [6, 6.07) is 13.2. The van der Waals surface area contributed by atoms with Gasteiger partial charge >= 0.3 is 6.09 Å². The third-order valence-electron chi connectivity index (χ3n) is 3.45. The second-order valence-electron chi connectivity index (χ2n) is 7.01. The van der Waals surface area contributed by atoms with Crippen LogP contribution >= 0.6 is 22.6 Å². The summed E-state index contributed by atoms with van der Waals surface area (Å²) in [5.74, 6) is 4.61. The summed E-state index contributed by atoms with van der Waals surface area (Å²) < 4.78 is 17.5. The van der Waals surface area contributed by atoms with Crippen LogP contribution in [0.15, 0.2) is 42.5 Å². The van der Waals surface area contributed by atoms with E-state index in [-0.39, 0.29) is 6.61 Å².